The standard InChI is InChI=1S/C13H12O3.3CO.Fe/c1-11(16-10-14)6-5-9-13(15)12-7-3-2-4-8-12;3*1-2;/h2-9,11H,1H3;;;;/q-1;;;;. The Balaban J connectivity index is -0.000000231. The van der Waals surface area contributed by atoms with E-state index in [2.05, 4.69) is 24.7 Å². The molecule has 1 unspecified atom stereocenters. The number of carbonyl (C=O) groups is 1. The Morgan fingerprint density at radius 2 is 1.61 bits per heavy atom. The van der Waals surface area contributed by atoms with Crippen LogP contribution in [0.3, 0.4) is 0 Å². The zero-order chi connectivity index (χ0) is 17.8. The second-order valence-electron chi connectivity index (χ2n) is 3.19. The average molecular weight is 356 g/mol. The quantitative estimate of drug-likeness (QED) is 0.322. The Morgan fingerprint density at radius 3 is 2.04 bits per heavy atom. The Kier molecular flexibility index (Phi) is 31.8. The molecule has 0 aliphatic carbocycles. The van der Waals surface area contributed by atoms with E-state index >= 15 is 0 Å². The van der Waals surface area contributed by atoms with E-state index in [0.29, 0.717) is 5.56 Å². The van der Waals surface area contributed by atoms with Gasteiger partial charge in [-0.15, -0.1) is 0 Å². The summed E-state index contributed by atoms with van der Waals surface area (Å²) in [5.41, 5.74) is 0.627. The minimum Gasteiger partial charge on any atom is 0 e. The first-order chi connectivity index (χ1) is 10.7. The molecule has 1 aromatic rings. The van der Waals surface area contributed by atoms with Gasteiger partial charge in [-0.2, -0.15) is 0 Å². The van der Waals surface area contributed by atoms with E-state index in [-0.39, 0.29) is 29.0 Å². The maximum absolute atomic E-state index is 11.6. The van der Waals surface area contributed by atoms with E-state index in [0.717, 1.165) is 0 Å². The number of hydrogen-bond donors (Lipinski definition) is 0. The first-order valence-electron chi connectivity index (χ1n) is 5.49. The van der Waals surface area contributed by atoms with Crippen molar-refractivity contribution in [2.75, 3.05) is 0 Å². The maximum Gasteiger partial charge on any atom is 0 e. The van der Waals surface area contributed by atoms with E-state index in [9.17, 15) is 9.59 Å². The molecule has 0 bridgehead atoms. The number of rotatable bonds is 7. The topological polar surface area (TPSA) is 103 Å². The molecule has 3 radical (unpaired) electrons. The molecule has 0 N–H and O–H groups in total. The summed E-state index contributed by atoms with van der Waals surface area (Å²) >= 11 is 0. The molecule has 0 saturated heterocycles. The molecule has 0 saturated carbocycles. The average Bonchev–Trinajstić information content (AvgIpc) is 2.61. The summed E-state index contributed by atoms with van der Waals surface area (Å²) in [5.74, 6) is -0.0841. The fraction of sp³-hybridized carbons (Fsp3) is 0.125. The van der Waals surface area contributed by atoms with Crippen LogP contribution in [0.2, 0.25) is 0 Å². The molecule has 6 nitrogen and oxygen atoms in total. The van der Waals surface area contributed by atoms with Gasteiger partial charge in [0.25, 0.3) is 0 Å². The van der Waals surface area contributed by atoms with Gasteiger partial charge in [-0.3, -0.25) is 4.79 Å². The fourth-order valence-corrected chi connectivity index (χ4v) is 1.11. The molecule has 0 fully saturated rings. The zero-order valence-corrected chi connectivity index (χ0v) is 13.1. The Hall–Kier alpha value is -1.90. The summed E-state index contributed by atoms with van der Waals surface area (Å²) in [4.78, 5) is 21.4. The molecule has 0 aliphatic rings. The van der Waals surface area contributed by atoms with Gasteiger partial charge < -0.3 is 9.53 Å². The van der Waals surface area contributed by atoms with Crippen molar-refractivity contribution in [2.24, 2.45) is 0 Å². The van der Waals surface area contributed by atoms with Crippen molar-refractivity contribution in [3.63, 3.8) is 0 Å². The van der Waals surface area contributed by atoms with Crippen molar-refractivity contribution in [2.45, 2.75) is 13.0 Å². The molecule has 121 valence electrons. The summed E-state index contributed by atoms with van der Waals surface area (Å²) in [7, 11) is 0. The monoisotopic (exact) mass is 356 g/mol. The van der Waals surface area contributed by atoms with Crippen LogP contribution < -0.4 is 0 Å². The summed E-state index contributed by atoms with van der Waals surface area (Å²) < 4.78 is 27.0. The Bertz CT molecular complexity index is 438. The summed E-state index contributed by atoms with van der Waals surface area (Å²) in [6, 6.07) is 8.94. The molecule has 7 heteroatoms. The van der Waals surface area contributed by atoms with Crippen molar-refractivity contribution >= 4 is 12.3 Å². The summed E-state index contributed by atoms with van der Waals surface area (Å²) in [6.45, 7) is 16.5. The van der Waals surface area contributed by atoms with Gasteiger partial charge in [-0.05, 0) is 13.3 Å². The second-order valence-corrected chi connectivity index (χ2v) is 3.19. The van der Waals surface area contributed by atoms with Crippen molar-refractivity contribution in [1.82, 2.24) is 0 Å². The predicted octanol–water partition coefficient (Wildman–Crippen LogP) is 1.84. The smallest absolute Gasteiger partial charge is 0 e. The molecule has 1 atom stereocenters. The SMILES string of the molecule is CC([CH][CH][CH]C(=O)c1ccccc1)O[C-]=O.[C-]#[O+].[C-]#[O+].[C-]#[O+].[Fe]. The van der Waals surface area contributed by atoms with Crippen molar-refractivity contribution in [3.8, 4) is 0 Å². The molecule has 0 amide bonds. The van der Waals surface area contributed by atoms with Crippen LogP contribution in [-0.4, -0.2) is 18.4 Å². The van der Waals surface area contributed by atoms with E-state index in [1.807, 2.05) is 6.07 Å². The normalized spacial score (nSPS) is 8.48. The van der Waals surface area contributed by atoms with E-state index in [1.54, 1.807) is 44.0 Å². The largest absolute Gasteiger partial charge is 0 e. The third-order valence-electron chi connectivity index (χ3n) is 1.92. The van der Waals surface area contributed by atoms with Gasteiger partial charge in [0.2, 0.25) is 0 Å². The van der Waals surface area contributed by atoms with Crippen LogP contribution in [-0.2, 0) is 40.6 Å². The van der Waals surface area contributed by atoms with Gasteiger partial charge in [0.15, 0.2) is 5.78 Å². The first kappa shape index (κ1) is 29.2. The third kappa shape index (κ3) is 18.0. The molecule has 23 heavy (non-hydrogen) atoms. The second kappa shape index (κ2) is 25.1. The van der Waals surface area contributed by atoms with Crippen LogP contribution in [0, 0.1) is 39.2 Å². The van der Waals surface area contributed by atoms with Gasteiger partial charge in [-0.25, -0.2) is 0 Å². The van der Waals surface area contributed by atoms with Gasteiger partial charge in [0.1, 0.15) is 0 Å². The minimum absolute atomic E-state index is 0. The third-order valence-corrected chi connectivity index (χ3v) is 1.92. The molecular weight excluding hydrogens is 344 g/mol. The number of Topliss-reactive ketones (excluding diaryl/α,β-unsaturated/α-hetero) is 1. The van der Waals surface area contributed by atoms with Crippen molar-refractivity contribution in [1.29, 1.82) is 0 Å². The van der Waals surface area contributed by atoms with Crippen LogP contribution >= 0.6 is 0 Å². The van der Waals surface area contributed by atoms with Crippen molar-refractivity contribution < 1.29 is 45.4 Å². The number of ether oxygens (including phenoxy) is 1. The molecule has 0 aromatic heterocycles. The van der Waals surface area contributed by atoms with Crippen LogP contribution in [0.1, 0.15) is 17.3 Å². The van der Waals surface area contributed by atoms with Crippen LogP contribution in [0.25, 0.3) is 0 Å². The predicted molar refractivity (Wildman–Crippen MR) is 71.7 cm³/mol. The molecular formula is C16H12FeO6-. The van der Waals surface area contributed by atoms with Crippen LogP contribution in [0.4, 0.5) is 0 Å². The van der Waals surface area contributed by atoms with Gasteiger partial charge in [-0.1, -0.05) is 36.8 Å². The van der Waals surface area contributed by atoms with Gasteiger partial charge in [0, 0.05) is 35.5 Å². The Labute approximate surface area is 146 Å². The number of ketones is 1. The number of hydrogen-bond acceptors (Lipinski definition) is 3. The van der Waals surface area contributed by atoms with E-state index in [1.165, 1.54) is 12.9 Å². The molecule has 0 spiro atoms. The first-order valence-corrected chi connectivity index (χ1v) is 5.49. The molecule has 1 rings (SSSR count). The maximum atomic E-state index is 11.6. The van der Waals surface area contributed by atoms with E-state index < -0.39 is 0 Å². The van der Waals surface area contributed by atoms with E-state index in [4.69, 9.17) is 14.0 Å². The number of benzene rings is 1. The minimum atomic E-state index is -0.377. The number of carbonyl (C=O) groups excluding carboxylic acids is 2. The summed E-state index contributed by atoms with van der Waals surface area (Å²) in [6.07, 6.45) is 4.22. The summed E-state index contributed by atoms with van der Waals surface area (Å²) in [5, 5.41) is 0. The van der Waals surface area contributed by atoms with Crippen molar-refractivity contribution in [3.05, 3.63) is 75.1 Å². The van der Waals surface area contributed by atoms with Crippen LogP contribution in [0.15, 0.2) is 30.3 Å². The van der Waals surface area contributed by atoms with Gasteiger partial charge in [0.05, 0.1) is 6.10 Å². The molecule has 0 heterocycles. The Morgan fingerprint density at radius 1 is 1.13 bits per heavy atom. The van der Waals surface area contributed by atoms with Gasteiger partial charge >= 0.3 is 33.9 Å². The molecule has 0 aliphatic heterocycles. The molecule has 1 aromatic carbocycles. The van der Waals surface area contributed by atoms with Crippen LogP contribution in [0.5, 0.6) is 0 Å². The zero-order valence-electron chi connectivity index (χ0n) is 12.0. The fourth-order valence-electron chi connectivity index (χ4n) is 1.11.